The quantitative estimate of drug-likeness (QED) is 0.239. The van der Waals surface area contributed by atoms with Gasteiger partial charge >= 0.3 is 5.69 Å². The van der Waals surface area contributed by atoms with Gasteiger partial charge in [0.25, 0.3) is 0 Å². The predicted octanol–water partition coefficient (Wildman–Crippen LogP) is 6.42. The first-order chi connectivity index (χ1) is 20.6. The Labute approximate surface area is 257 Å². The van der Waals surface area contributed by atoms with Crippen LogP contribution in [0.4, 0.5) is 5.82 Å². The molecule has 4 aromatic rings. The Bertz CT molecular complexity index is 1810. The van der Waals surface area contributed by atoms with Crippen molar-refractivity contribution in [1.82, 2.24) is 24.4 Å². The van der Waals surface area contributed by atoms with E-state index in [2.05, 4.69) is 48.5 Å². The van der Waals surface area contributed by atoms with E-state index in [1.165, 1.54) is 11.6 Å². The Morgan fingerprint density at radius 2 is 1.84 bits per heavy atom. The van der Waals surface area contributed by atoms with Crippen molar-refractivity contribution in [2.45, 2.75) is 71.4 Å². The molecular formula is C34H37ClN6O2. The number of nitrogens with zero attached hydrogens (tertiary/aromatic N) is 6. The number of anilines is 1. The molecule has 0 bridgehead atoms. The fourth-order valence-electron chi connectivity index (χ4n) is 6.31. The van der Waals surface area contributed by atoms with Crippen molar-refractivity contribution in [3.63, 3.8) is 0 Å². The van der Waals surface area contributed by atoms with Gasteiger partial charge < -0.3 is 9.80 Å². The molecule has 2 unspecified atom stereocenters. The van der Waals surface area contributed by atoms with E-state index in [9.17, 15) is 9.59 Å². The van der Waals surface area contributed by atoms with Crippen molar-refractivity contribution < 1.29 is 4.79 Å². The fraction of sp³-hybridized carbons (Fsp3) is 0.382. The topological polar surface area (TPSA) is 84.2 Å². The second-order valence-corrected chi connectivity index (χ2v) is 12.6. The number of carbonyl (C=O) groups excluding carboxylic acids is 1. The van der Waals surface area contributed by atoms with Gasteiger partial charge in [-0.2, -0.15) is 4.98 Å². The van der Waals surface area contributed by atoms with E-state index in [4.69, 9.17) is 21.6 Å². The molecule has 2 aliphatic rings. The van der Waals surface area contributed by atoms with Gasteiger partial charge in [0.15, 0.2) is 5.65 Å². The Morgan fingerprint density at radius 1 is 1.09 bits per heavy atom. The summed E-state index contributed by atoms with van der Waals surface area (Å²) in [4.78, 5) is 45.2. The molecule has 6 rings (SSSR count). The molecule has 3 aromatic heterocycles. The molecular weight excluding hydrogens is 560 g/mol. The Morgan fingerprint density at radius 3 is 2.53 bits per heavy atom. The van der Waals surface area contributed by atoms with E-state index in [1.807, 2.05) is 43.9 Å². The smallest absolute Gasteiger partial charge is 0.349 e. The Kier molecular flexibility index (Phi) is 7.59. The average Bonchev–Trinajstić information content (AvgIpc) is 3.83. The van der Waals surface area contributed by atoms with Gasteiger partial charge in [-0.05, 0) is 74.8 Å². The first-order valence-electron chi connectivity index (χ1n) is 15.0. The maximum Gasteiger partial charge on any atom is 0.355 e. The van der Waals surface area contributed by atoms with E-state index in [0.717, 1.165) is 29.7 Å². The summed E-state index contributed by atoms with van der Waals surface area (Å²) in [5.74, 6) is 0.967. The first-order valence-corrected chi connectivity index (χ1v) is 15.4. The van der Waals surface area contributed by atoms with Crippen LogP contribution in [0.2, 0.25) is 5.02 Å². The van der Waals surface area contributed by atoms with Crippen molar-refractivity contribution in [2.75, 3.05) is 18.0 Å². The molecule has 222 valence electrons. The monoisotopic (exact) mass is 596 g/mol. The van der Waals surface area contributed by atoms with Gasteiger partial charge in [-0.1, -0.05) is 56.3 Å². The number of aryl methyl sites for hydroxylation is 1. The van der Waals surface area contributed by atoms with Crippen LogP contribution in [-0.4, -0.2) is 55.5 Å². The molecule has 43 heavy (non-hydrogen) atoms. The second-order valence-electron chi connectivity index (χ2n) is 12.2. The molecule has 0 N–H and O–H groups in total. The zero-order valence-electron chi connectivity index (χ0n) is 25.3. The molecule has 1 aliphatic heterocycles. The van der Waals surface area contributed by atoms with Crippen molar-refractivity contribution >= 4 is 34.4 Å². The highest BCUT2D eigenvalue weighted by molar-refractivity contribution is 6.34. The van der Waals surface area contributed by atoms with Crippen LogP contribution in [-0.2, 0) is 4.79 Å². The summed E-state index contributed by atoms with van der Waals surface area (Å²) in [6.07, 6.45) is 5.41. The molecule has 8 nitrogen and oxygen atoms in total. The number of carbonyl (C=O) groups is 1. The predicted molar refractivity (Wildman–Crippen MR) is 172 cm³/mol. The number of amides is 1. The summed E-state index contributed by atoms with van der Waals surface area (Å²) in [7, 11) is 0. The third kappa shape index (κ3) is 5.12. The average molecular weight is 597 g/mol. The van der Waals surface area contributed by atoms with Crippen LogP contribution in [0.5, 0.6) is 0 Å². The standard InChI is InChI=1S/C34H37ClN6O2/c1-7-28(42)39-17-22(6)40(18-21(39)5)32-26-16-27(35)30(25-11-9-8-10-24(25)23-12-13-23)37-33(26)41(34(43)38-32)31-20(4)14-15-36-29(31)19(2)3/h7-11,14-16,19,21-23H,1,12-13,17-18H2,2-6H3. The number of hydrogen-bond acceptors (Lipinski definition) is 6. The molecule has 1 aromatic carbocycles. The van der Waals surface area contributed by atoms with Crippen LogP contribution in [0.1, 0.15) is 69.2 Å². The van der Waals surface area contributed by atoms with Gasteiger partial charge in [0.1, 0.15) is 5.82 Å². The van der Waals surface area contributed by atoms with E-state index in [1.54, 1.807) is 10.8 Å². The number of aromatic nitrogens is 4. The Hall–Kier alpha value is -4.04. The second kappa shape index (κ2) is 11.2. The van der Waals surface area contributed by atoms with Gasteiger partial charge in [-0.25, -0.2) is 14.3 Å². The largest absolute Gasteiger partial charge is 0.355 e. The zero-order valence-corrected chi connectivity index (χ0v) is 26.1. The van der Waals surface area contributed by atoms with E-state index in [0.29, 0.717) is 52.3 Å². The lowest BCUT2D eigenvalue weighted by molar-refractivity contribution is -0.128. The minimum Gasteiger partial charge on any atom is -0.349 e. The molecule has 2 fully saturated rings. The van der Waals surface area contributed by atoms with Gasteiger partial charge in [0.2, 0.25) is 5.91 Å². The number of hydrogen-bond donors (Lipinski definition) is 0. The molecule has 1 saturated carbocycles. The molecule has 9 heteroatoms. The van der Waals surface area contributed by atoms with Crippen LogP contribution in [0.15, 0.2) is 60.0 Å². The lowest BCUT2D eigenvalue weighted by Crippen LogP contribution is -2.58. The number of rotatable bonds is 6. The van der Waals surface area contributed by atoms with Crippen LogP contribution < -0.4 is 10.6 Å². The summed E-state index contributed by atoms with van der Waals surface area (Å²) in [6, 6.07) is 11.9. The molecule has 1 amide bonds. The lowest BCUT2D eigenvalue weighted by Gasteiger charge is -2.44. The van der Waals surface area contributed by atoms with Crippen molar-refractivity contribution in [1.29, 1.82) is 0 Å². The van der Waals surface area contributed by atoms with Crippen molar-refractivity contribution in [3.8, 4) is 16.9 Å². The minimum atomic E-state index is -0.429. The minimum absolute atomic E-state index is 0.0650. The normalized spacial score (nSPS) is 18.9. The highest BCUT2D eigenvalue weighted by Gasteiger charge is 2.34. The first kappa shape index (κ1) is 29.1. The number of piperazine rings is 1. The highest BCUT2D eigenvalue weighted by Crippen LogP contribution is 2.45. The third-order valence-corrected chi connectivity index (χ3v) is 8.96. The zero-order chi connectivity index (χ0) is 30.6. The van der Waals surface area contributed by atoms with Gasteiger partial charge in [-0.3, -0.25) is 9.78 Å². The number of fused-ring (bicyclic) bond motifs is 1. The Balaban J connectivity index is 1.63. The molecule has 1 saturated heterocycles. The summed E-state index contributed by atoms with van der Waals surface area (Å²) >= 11 is 7.07. The maximum atomic E-state index is 14.2. The molecule has 0 radical (unpaired) electrons. The van der Waals surface area contributed by atoms with Crippen LogP contribution in [0.25, 0.3) is 28.0 Å². The summed E-state index contributed by atoms with van der Waals surface area (Å²) < 4.78 is 1.61. The van der Waals surface area contributed by atoms with Gasteiger partial charge in [0.05, 0.1) is 27.5 Å². The maximum absolute atomic E-state index is 14.2. The molecule has 0 spiro atoms. The summed E-state index contributed by atoms with van der Waals surface area (Å²) in [6.45, 7) is 14.8. The van der Waals surface area contributed by atoms with Crippen molar-refractivity contribution in [2.24, 2.45) is 0 Å². The summed E-state index contributed by atoms with van der Waals surface area (Å²) in [5.41, 5.74) is 5.33. The number of pyridine rings is 2. The SMILES string of the molecule is C=CC(=O)N1CC(C)N(c2nc(=O)n(-c3c(C)ccnc3C(C)C)c3nc(-c4ccccc4C4CC4)c(Cl)cc23)CC1C. The number of benzene rings is 1. The lowest BCUT2D eigenvalue weighted by atomic mass is 9.99. The van der Waals surface area contributed by atoms with Gasteiger partial charge in [-0.15, -0.1) is 0 Å². The molecule has 1 aliphatic carbocycles. The highest BCUT2D eigenvalue weighted by atomic mass is 35.5. The molecule has 2 atom stereocenters. The summed E-state index contributed by atoms with van der Waals surface area (Å²) in [5, 5.41) is 1.18. The van der Waals surface area contributed by atoms with Crippen LogP contribution in [0.3, 0.4) is 0 Å². The van der Waals surface area contributed by atoms with E-state index >= 15 is 0 Å². The number of halogens is 1. The third-order valence-electron chi connectivity index (χ3n) is 8.68. The molecule has 4 heterocycles. The van der Waals surface area contributed by atoms with E-state index < -0.39 is 5.69 Å². The van der Waals surface area contributed by atoms with Crippen LogP contribution in [0, 0.1) is 6.92 Å². The van der Waals surface area contributed by atoms with Crippen LogP contribution >= 0.6 is 11.6 Å². The van der Waals surface area contributed by atoms with E-state index in [-0.39, 0.29) is 23.9 Å². The van der Waals surface area contributed by atoms with Crippen molar-refractivity contribution in [3.05, 3.63) is 87.6 Å². The fourth-order valence-corrected chi connectivity index (χ4v) is 6.56. The van der Waals surface area contributed by atoms with Gasteiger partial charge in [0, 0.05) is 36.9 Å².